The minimum atomic E-state index is 0.263. The summed E-state index contributed by atoms with van der Waals surface area (Å²) in [7, 11) is 1.69. The van der Waals surface area contributed by atoms with Gasteiger partial charge in [0.1, 0.15) is 5.75 Å². The van der Waals surface area contributed by atoms with Gasteiger partial charge in [0.05, 0.1) is 13.2 Å². The molecule has 0 spiro atoms. The van der Waals surface area contributed by atoms with Crippen LogP contribution in [0.3, 0.4) is 0 Å². The summed E-state index contributed by atoms with van der Waals surface area (Å²) >= 11 is 0. The number of aliphatic imine (C=N–C) groups is 1. The Bertz CT molecular complexity index is 784. The van der Waals surface area contributed by atoms with Gasteiger partial charge in [-0.1, -0.05) is 18.2 Å². The largest absolute Gasteiger partial charge is 0.497 e. The van der Waals surface area contributed by atoms with Gasteiger partial charge in [0.15, 0.2) is 5.96 Å². The molecule has 0 amide bonds. The Hall–Kier alpha value is -2.49. The van der Waals surface area contributed by atoms with E-state index in [0.29, 0.717) is 11.9 Å². The number of nitrogens with zero attached hydrogens (tertiary/aromatic N) is 1. The van der Waals surface area contributed by atoms with E-state index >= 15 is 0 Å². The summed E-state index contributed by atoms with van der Waals surface area (Å²) in [6.45, 7) is 0. The fourth-order valence-electron chi connectivity index (χ4n) is 3.56. The third kappa shape index (κ3) is 3.09. The summed E-state index contributed by atoms with van der Waals surface area (Å²) in [5.74, 6) is 1.84. The first-order valence-electron chi connectivity index (χ1n) is 8.59. The van der Waals surface area contributed by atoms with E-state index in [4.69, 9.17) is 10.5 Å². The monoisotopic (exact) mass is 321 g/mol. The van der Waals surface area contributed by atoms with Crippen LogP contribution in [0.2, 0.25) is 0 Å². The molecule has 0 saturated heterocycles. The third-order valence-electron chi connectivity index (χ3n) is 4.95. The lowest BCUT2D eigenvalue weighted by Gasteiger charge is -2.08. The maximum atomic E-state index is 6.10. The zero-order chi connectivity index (χ0) is 16.5. The number of hydrogen-bond acceptors (Lipinski definition) is 2. The first-order valence-corrected chi connectivity index (χ1v) is 8.59. The van der Waals surface area contributed by atoms with Crippen molar-refractivity contribution in [3.63, 3.8) is 0 Å². The number of anilines is 1. The summed E-state index contributed by atoms with van der Waals surface area (Å²) < 4.78 is 5.29. The van der Waals surface area contributed by atoms with Crippen LogP contribution in [-0.2, 0) is 12.8 Å². The lowest BCUT2D eigenvalue weighted by atomic mass is 10.1. The number of ether oxygens (including phenoxy) is 1. The first kappa shape index (κ1) is 15.1. The van der Waals surface area contributed by atoms with Crippen molar-refractivity contribution < 1.29 is 4.74 Å². The fourth-order valence-corrected chi connectivity index (χ4v) is 3.56. The summed E-state index contributed by atoms with van der Waals surface area (Å²) in [5.41, 5.74) is 11.3. The number of nitrogens with two attached hydrogens (primary N) is 1. The molecule has 24 heavy (non-hydrogen) atoms. The highest BCUT2D eigenvalue weighted by Crippen LogP contribution is 2.44. The summed E-state index contributed by atoms with van der Waals surface area (Å²) in [6, 6.07) is 15.0. The first-order chi connectivity index (χ1) is 11.7. The van der Waals surface area contributed by atoms with Gasteiger partial charge < -0.3 is 15.8 Å². The Kier molecular flexibility index (Phi) is 3.89. The Morgan fingerprint density at radius 3 is 2.92 bits per heavy atom. The second-order valence-corrected chi connectivity index (χ2v) is 6.66. The van der Waals surface area contributed by atoms with Crippen LogP contribution in [-0.4, -0.2) is 19.1 Å². The van der Waals surface area contributed by atoms with Gasteiger partial charge in [-0.2, -0.15) is 0 Å². The molecule has 0 heterocycles. The van der Waals surface area contributed by atoms with E-state index in [1.165, 1.54) is 36.0 Å². The third-order valence-corrected chi connectivity index (χ3v) is 4.95. The number of methoxy groups -OCH3 is 1. The minimum absolute atomic E-state index is 0.263. The zero-order valence-corrected chi connectivity index (χ0v) is 14.0. The fraction of sp³-hybridized carbons (Fsp3) is 0.350. The van der Waals surface area contributed by atoms with Crippen LogP contribution in [0.1, 0.15) is 35.4 Å². The van der Waals surface area contributed by atoms with Gasteiger partial charge in [0.25, 0.3) is 0 Å². The number of fused-ring (bicyclic) bond motifs is 1. The molecular formula is C20H23N3O. The van der Waals surface area contributed by atoms with Crippen LogP contribution >= 0.6 is 0 Å². The van der Waals surface area contributed by atoms with Crippen LogP contribution in [0.15, 0.2) is 47.5 Å². The number of aryl methyl sites for hydroxylation is 2. The zero-order valence-electron chi connectivity index (χ0n) is 14.0. The van der Waals surface area contributed by atoms with Crippen molar-refractivity contribution in [3.8, 4) is 5.75 Å². The van der Waals surface area contributed by atoms with Crippen molar-refractivity contribution in [3.05, 3.63) is 59.2 Å². The normalized spacial score (nSPS) is 22.1. The van der Waals surface area contributed by atoms with Gasteiger partial charge in [-0.15, -0.1) is 0 Å². The van der Waals surface area contributed by atoms with E-state index in [0.717, 1.165) is 17.9 Å². The maximum Gasteiger partial charge on any atom is 0.193 e. The molecule has 0 radical (unpaired) electrons. The standard InChI is InChI=1S/C20H23N3O/c1-24-17-7-3-6-15(11-17)18-12-19(18)23-20(21)22-16-9-8-13-4-2-5-14(13)10-16/h3,6-11,18-19H,2,4-5,12H2,1H3,(H3,21,22,23)/t18-,19+/m0/s1. The van der Waals surface area contributed by atoms with Crippen LogP contribution < -0.4 is 15.8 Å². The molecule has 2 aromatic carbocycles. The van der Waals surface area contributed by atoms with E-state index in [1.54, 1.807) is 7.11 Å². The van der Waals surface area contributed by atoms with E-state index in [9.17, 15) is 0 Å². The number of rotatable bonds is 4. The maximum absolute atomic E-state index is 6.10. The van der Waals surface area contributed by atoms with Crippen molar-refractivity contribution in [1.29, 1.82) is 0 Å². The van der Waals surface area contributed by atoms with Crippen LogP contribution in [0, 0.1) is 0 Å². The van der Waals surface area contributed by atoms with E-state index in [-0.39, 0.29) is 6.04 Å². The highest BCUT2D eigenvalue weighted by atomic mass is 16.5. The summed E-state index contributed by atoms with van der Waals surface area (Å²) in [4.78, 5) is 4.63. The molecule has 0 aromatic heterocycles. The van der Waals surface area contributed by atoms with Gasteiger partial charge in [-0.05, 0) is 66.6 Å². The average molecular weight is 321 g/mol. The van der Waals surface area contributed by atoms with Gasteiger partial charge >= 0.3 is 0 Å². The SMILES string of the molecule is COc1cccc([C@@H]2C[C@H]2N=C(N)Nc2ccc3c(c2)CCC3)c1. The molecule has 4 heteroatoms. The van der Waals surface area contributed by atoms with Gasteiger partial charge in [-0.3, -0.25) is 0 Å². The van der Waals surface area contributed by atoms with Gasteiger partial charge in [0.2, 0.25) is 0 Å². The lowest BCUT2D eigenvalue weighted by molar-refractivity contribution is 0.414. The van der Waals surface area contributed by atoms with E-state index < -0.39 is 0 Å². The molecule has 124 valence electrons. The quantitative estimate of drug-likeness (QED) is 0.669. The molecule has 1 saturated carbocycles. The second-order valence-electron chi connectivity index (χ2n) is 6.66. The Labute approximate surface area is 142 Å². The Morgan fingerprint density at radius 1 is 1.17 bits per heavy atom. The van der Waals surface area contributed by atoms with Gasteiger partial charge in [-0.25, -0.2) is 4.99 Å². The Balaban J connectivity index is 1.41. The number of nitrogens with one attached hydrogen (secondary N) is 1. The highest BCUT2D eigenvalue weighted by molar-refractivity contribution is 5.92. The molecule has 2 aliphatic rings. The van der Waals surface area contributed by atoms with Crippen molar-refractivity contribution in [2.75, 3.05) is 12.4 Å². The molecule has 3 N–H and O–H groups in total. The molecule has 0 bridgehead atoms. The minimum Gasteiger partial charge on any atom is -0.497 e. The lowest BCUT2D eigenvalue weighted by Crippen LogP contribution is -2.23. The summed E-state index contributed by atoms with van der Waals surface area (Å²) in [5, 5.41) is 3.24. The molecule has 1 fully saturated rings. The van der Waals surface area contributed by atoms with E-state index in [2.05, 4.69) is 40.6 Å². The number of hydrogen-bond donors (Lipinski definition) is 2. The van der Waals surface area contributed by atoms with Crippen LogP contribution in [0.4, 0.5) is 5.69 Å². The van der Waals surface area contributed by atoms with Crippen LogP contribution in [0.25, 0.3) is 0 Å². The predicted molar refractivity (Wildman–Crippen MR) is 97.9 cm³/mol. The van der Waals surface area contributed by atoms with Crippen molar-refractivity contribution >= 4 is 11.6 Å². The Morgan fingerprint density at radius 2 is 2.04 bits per heavy atom. The second kappa shape index (κ2) is 6.19. The molecule has 0 aliphatic heterocycles. The topological polar surface area (TPSA) is 59.6 Å². The molecule has 2 aromatic rings. The van der Waals surface area contributed by atoms with Crippen LogP contribution in [0.5, 0.6) is 5.75 Å². The van der Waals surface area contributed by atoms with E-state index in [1.807, 2.05) is 12.1 Å². The number of guanidine groups is 1. The molecular weight excluding hydrogens is 298 g/mol. The molecule has 4 nitrogen and oxygen atoms in total. The number of benzene rings is 2. The molecule has 0 unspecified atom stereocenters. The predicted octanol–water partition coefficient (Wildman–Crippen LogP) is 3.47. The highest BCUT2D eigenvalue weighted by Gasteiger charge is 2.38. The van der Waals surface area contributed by atoms with Gasteiger partial charge in [0, 0.05) is 11.6 Å². The summed E-state index contributed by atoms with van der Waals surface area (Å²) in [6.07, 6.45) is 4.66. The average Bonchev–Trinajstić information content (AvgIpc) is 3.19. The molecule has 2 atom stereocenters. The van der Waals surface area contributed by atoms with Crippen molar-refractivity contribution in [2.45, 2.75) is 37.6 Å². The molecule has 4 rings (SSSR count). The van der Waals surface area contributed by atoms with Crippen molar-refractivity contribution in [2.24, 2.45) is 10.7 Å². The van der Waals surface area contributed by atoms with Crippen molar-refractivity contribution in [1.82, 2.24) is 0 Å². The molecule has 2 aliphatic carbocycles. The smallest absolute Gasteiger partial charge is 0.193 e.